The number of carbonyl (C=O) groups is 2. The number of rotatable bonds is 7. The predicted octanol–water partition coefficient (Wildman–Crippen LogP) is 2.06. The molecule has 2 heterocycles. The molecule has 1 saturated heterocycles. The van der Waals surface area contributed by atoms with Gasteiger partial charge in [-0.3, -0.25) is 4.79 Å². The fourth-order valence-corrected chi connectivity index (χ4v) is 5.36. The Morgan fingerprint density at radius 1 is 1.19 bits per heavy atom. The molecule has 0 spiro atoms. The van der Waals surface area contributed by atoms with Gasteiger partial charge in [-0.25, -0.2) is 18.2 Å². The highest BCUT2D eigenvalue weighted by atomic mass is 32.2. The Morgan fingerprint density at radius 3 is 2.58 bits per heavy atom. The normalized spacial score (nSPS) is 18.0. The van der Waals surface area contributed by atoms with Crippen molar-refractivity contribution in [1.82, 2.24) is 14.6 Å². The third-order valence-electron chi connectivity index (χ3n) is 5.67. The molecule has 10 heteroatoms. The van der Waals surface area contributed by atoms with E-state index in [2.05, 4.69) is 10.3 Å². The zero-order valence-corrected chi connectivity index (χ0v) is 18.1. The van der Waals surface area contributed by atoms with Gasteiger partial charge in [0.05, 0.1) is 30.3 Å². The molecular weight excluding hydrogens is 422 g/mol. The molecule has 1 saturated carbocycles. The molecule has 9 nitrogen and oxygen atoms in total. The number of benzene rings is 1. The average Bonchev–Trinajstić information content (AvgIpc) is 3.54. The van der Waals surface area contributed by atoms with Gasteiger partial charge in [0.25, 0.3) is 0 Å². The summed E-state index contributed by atoms with van der Waals surface area (Å²) >= 11 is 0. The average molecular weight is 448 g/mol. The summed E-state index contributed by atoms with van der Waals surface area (Å²) in [6.45, 7) is 0.664. The number of ether oxygens (including phenoxy) is 1. The third kappa shape index (κ3) is 4.64. The summed E-state index contributed by atoms with van der Waals surface area (Å²) in [5.74, 6) is 0.653. The lowest BCUT2D eigenvalue weighted by atomic mass is 9.97. The molecule has 4 rings (SSSR count). The van der Waals surface area contributed by atoms with Crippen molar-refractivity contribution in [3.8, 4) is 0 Å². The monoisotopic (exact) mass is 447 g/mol. The van der Waals surface area contributed by atoms with E-state index in [1.54, 1.807) is 18.3 Å². The molecule has 1 aliphatic carbocycles. The van der Waals surface area contributed by atoms with Crippen molar-refractivity contribution < 1.29 is 27.2 Å². The molecule has 1 aliphatic heterocycles. The van der Waals surface area contributed by atoms with Gasteiger partial charge in [0.2, 0.25) is 15.9 Å². The molecule has 0 radical (unpaired) electrons. The van der Waals surface area contributed by atoms with Crippen LogP contribution in [0.5, 0.6) is 0 Å². The van der Waals surface area contributed by atoms with Gasteiger partial charge in [-0.2, -0.15) is 4.31 Å². The molecule has 2 aliphatic rings. The summed E-state index contributed by atoms with van der Waals surface area (Å²) in [5.41, 5.74) is 0.00231. The first-order chi connectivity index (χ1) is 14.9. The Morgan fingerprint density at radius 2 is 1.90 bits per heavy atom. The SMILES string of the molecule is COC(=O)c1ccccc1S(=O)(=O)N1CCC(C(=O)NCc2cnc(C3CC3)o2)CC1. The van der Waals surface area contributed by atoms with E-state index in [1.165, 1.54) is 23.5 Å². The van der Waals surface area contributed by atoms with E-state index in [1.807, 2.05) is 0 Å². The van der Waals surface area contributed by atoms with Crippen molar-refractivity contribution in [2.75, 3.05) is 20.2 Å². The van der Waals surface area contributed by atoms with Gasteiger partial charge in [-0.15, -0.1) is 0 Å². The topological polar surface area (TPSA) is 119 Å². The van der Waals surface area contributed by atoms with E-state index in [0.717, 1.165) is 18.7 Å². The van der Waals surface area contributed by atoms with E-state index in [4.69, 9.17) is 9.15 Å². The Kier molecular flexibility index (Phi) is 6.10. The Bertz CT molecular complexity index is 1070. The first-order valence-corrected chi connectivity index (χ1v) is 11.7. The number of nitrogens with zero attached hydrogens (tertiary/aromatic N) is 2. The second-order valence-electron chi connectivity index (χ2n) is 7.82. The second-order valence-corrected chi connectivity index (χ2v) is 9.73. The summed E-state index contributed by atoms with van der Waals surface area (Å²) in [4.78, 5) is 28.7. The molecule has 0 atom stereocenters. The van der Waals surface area contributed by atoms with Crippen molar-refractivity contribution in [3.05, 3.63) is 47.7 Å². The van der Waals surface area contributed by atoms with E-state index < -0.39 is 16.0 Å². The van der Waals surface area contributed by atoms with E-state index in [9.17, 15) is 18.0 Å². The Balaban J connectivity index is 1.34. The number of hydrogen-bond acceptors (Lipinski definition) is 7. The number of hydrogen-bond donors (Lipinski definition) is 1. The summed E-state index contributed by atoms with van der Waals surface area (Å²) in [6, 6.07) is 5.98. The highest BCUT2D eigenvalue weighted by molar-refractivity contribution is 7.89. The number of amides is 1. The van der Waals surface area contributed by atoms with Crippen molar-refractivity contribution in [3.63, 3.8) is 0 Å². The van der Waals surface area contributed by atoms with Gasteiger partial charge in [-0.05, 0) is 37.8 Å². The highest BCUT2D eigenvalue weighted by Gasteiger charge is 2.34. The van der Waals surface area contributed by atoms with Crippen molar-refractivity contribution in [2.24, 2.45) is 5.92 Å². The molecule has 1 amide bonds. The molecule has 1 N–H and O–H groups in total. The van der Waals surface area contributed by atoms with E-state index in [0.29, 0.717) is 24.5 Å². The van der Waals surface area contributed by atoms with E-state index >= 15 is 0 Å². The van der Waals surface area contributed by atoms with Crippen LogP contribution in [0.25, 0.3) is 0 Å². The standard InChI is InChI=1S/C21H25N3O6S/c1-29-21(26)17-4-2-3-5-18(17)31(27,28)24-10-8-14(9-11-24)19(25)22-12-16-13-23-20(30-16)15-6-7-15/h2-5,13-15H,6-12H2,1H3,(H,22,25). The maximum atomic E-state index is 13.1. The fourth-order valence-electron chi connectivity index (χ4n) is 3.71. The number of carbonyl (C=O) groups excluding carboxylic acids is 2. The smallest absolute Gasteiger partial charge is 0.339 e. The molecule has 2 fully saturated rings. The van der Waals surface area contributed by atoms with Crippen LogP contribution in [0.3, 0.4) is 0 Å². The van der Waals surface area contributed by atoms with Crippen LogP contribution in [0.2, 0.25) is 0 Å². The molecule has 1 aromatic carbocycles. The highest BCUT2D eigenvalue weighted by Crippen LogP contribution is 2.39. The lowest BCUT2D eigenvalue weighted by Gasteiger charge is -2.30. The molecule has 0 bridgehead atoms. The number of nitrogens with one attached hydrogen (secondary N) is 1. The summed E-state index contributed by atoms with van der Waals surface area (Å²) in [5, 5.41) is 2.86. The van der Waals surface area contributed by atoms with Gasteiger partial charge in [0.15, 0.2) is 5.89 Å². The largest absolute Gasteiger partial charge is 0.465 e. The minimum Gasteiger partial charge on any atom is -0.465 e. The third-order valence-corrected chi connectivity index (χ3v) is 7.63. The maximum absolute atomic E-state index is 13.1. The van der Waals surface area contributed by atoms with E-state index in [-0.39, 0.29) is 41.9 Å². The first kappa shape index (κ1) is 21.5. The van der Waals surface area contributed by atoms with Crippen LogP contribution >= 0.6 is 0 Å². The summed E-state index contributed by atoms with van der Waals surface area (Å²) < 4.78 is 37.8. The Labute approximate surface area is 180 Å². The minimum atomic E-state index is -3.87. The zero-order valence-electron chi connectivity index (χ0n) is 17.2. The summed E-state index contributed by atoms with van der Waals surface area (Å²) in [7, 11) is -2.66. The second kappa shape index (κ2) is 8.80. The maximum Gasteiger partial charge on any atom is 0.339 e. The van der Waals surface area contributed by atoms with Crippen LogP contribution < -0.4 is 5.32 Å². The van der Waals surface area contributed by atoms with Gasteiger partial charge < -0.3 is 14.5 Å². The van der Waals surface area contributed by atoms with Crippen molar-refractivity contribution in [1.29, 1.82) is 0 Å². The fraction of sp³-hybridized carbons (Fsp3) is 0.476. The van der Waals surface area contributed by atoms with Gasteiger partial charge in [0, 0.05) is 24.9 Å². The van der Waals surface area contributed by atoms with Crippen LogP contribution in [0.4, 0.5) is 0 Å². The van der Waals surface area contributed by atoms with Gasteiger partial charge in [-0.1, -0.05) is 12.1 Å². The molecule has 0 unspecified atom stereocenters. The molecule has 31 heavy (non-hydrogen) atoms. The number of esters is 1. The number of sulfonamides is 1. The molecule has 1 aromatic heterocycles. The quantitative estimate of drug-likeness (QED) is 0.645. The van der Waals surface area contributed by atoms with Crippen LogP contribution in [-0.4, -0.2) is 49.8 Å². The van der Waals surface area contributed by atoms with Crippen molar-refractivity contribution >= 4 is 21.9 Å². The van der Waals surface area contributed by atoms with Gasteiger partial charge >= 0.3 is 5.97 Å². The molecular formula is C21H25N3O6S. The lowest BCUT2D eigenvalue weighted by Crippen LogP contribution is -2.43. The Hall–Kier alpha value is -2.72. The summed E-state index contributed by atoms with van der Waals surface area (Å²) in [6.07, 6.45) is 4.63. The minimum absolute atomic E-state index is 0.00231. The number of methoxy groups -OCH3 is 1. The molecule has 166 valence electrons. The zero-order chi connectivity index (χ0) is 22.0. The van der Waals surface area contributed by atoms with Crippen molar-refractivity contribution in [2.45, 2.75) is 43.0 Å². The van der Waals surface area contributed by atoms with Crippen LogP contribution in [0.1, 0.15) is 53.6 Å². The molecule has 2 aromatic rings. The number of oxazole rings is 1. The lowest BCUT2D eigenvalue weighted by molar-refractivity contribution is -0.126. The predicted molar refractivity (Wildman–Crippen MR) is 110 cm³/mol. The van der Waals surface area contributed by atoms with Crippen LogP contribution in [-0.2, 0) is 26.1 Å². The first-order valence-electron chi connectivity index (χ1n) is 10.3. The van der Waals surface area contributed by atoms with Crippen LogP contribution in [0.15, 0.2) is 39.8 Å². The number of aromatic nitrogens is 1. The number of piperidine rings is 1. The van der Waals surface area contributed by atoms with Crippen LogP contribution in [0, 0.1) is 5.92 Å². The van der Waals surface area contributed by atoms with Gasteiger partial charge in [0.1, 0.15) is 5.76 Å².